The molecule has 0 heterocycles. The van der Waals surface area contributed by atoms with Crippen molar-refractivity contribution in [2.24, 2.45) is 11.7 Å². The van der Waals surface area contributed by atoms with Gasteiger partial charge in [-0.05, 0) is 49.3 Å². The maximum absolute atomic E-state index is 6.17. The minimum atomic E-state index is 0.278. The highest BCUT2D eigenvalue weighted by Gasteiger charge is 2.30. The zero-order chi connectivity index (χ0) is 9.42. The number of hydrogen-bond donors (Lipinski definition) is 1. The molecule has 1 aliphatic rings. The summed E-state index contributed by atoms with van der Waals surface area (Å²) in [6, 6.07) is 6.71. The smallest absolute Gasteiger partial charge is 0.0326 e. The van der Waals surface area contributed by atoms with Gasteiger partial charge >= 0.3 is 0 Å². The van der Waals surface area contributed by atoms with Crippen molar-refractivity contribution in [3.8, 4) is 0 Å². The molecule has 1 atom stereocenters. The van der Waals surface area contributed by atoms with E-state index >= 15 is 0 Å². The molecule has 1 heteroatoms. The largest absolute Gasteiger partial charge is 0.324 e. The van der Waals surface area contributed by atoms with Crippen LogP contribution in [0.25, 0.3) is 0 Å². The van der Waals surface area contributed by atoms with Crippen molar-refractivity contribution >= 4 is 0 Å². The van der Waals surface area contributed by atoms with E-state index in [2.05, 4.69) is 32.0 Å². The topological polar surface area (TPSA) is 26.0 Å². The third-order valence-electron chi connectivity index (χ3n) is 3.14. The van der Waals surface area contributed by atoms with Gasteiger partial charge in [0.15, 0.2) is 0 Å². The molecule has 1 aromatic rings. The van der Waals surface area contributed by atoms with E-state index in [1.165, 1.54) is 29.5 Å². The summed E-state index contributed by atoms with van der Waals surface area (Å²) in [6.45, 7) is 4.32. The predicted octanol–water partition coefficient (Wildman–Crippen LogP) is 2.71. The molecule has 1 aliphatic carbocycles. The second-order valence-corrected chi connectivity index (χ2v) is 4.15. The van der Waals surface area contributed by atoms with E-state index in [4.69, 9.17) is 5.73 Å². The Labute approximate surface area is 80.0 Å². The maximum atomic E-state index is 6.17. The Balaban J connectivity index is 2.32. The summed E-state index contributed by atoms with van der Waals surface area (Å²) in [4.78, 5) is 0. The summed E-state index contributed by atoms with van der Waals surface area (Å²) >= 11 is 0. The lowest BCUT2D eigenvalue weighted by molar-refractivity contribution is 0.629. The highest BCUT2D eigenvalue weighted by molar-refractivity contribution is 5.35. The van der Waals surface area contributed by atoms with Crippen molar-refractivity contribution in [2.45, 2.75) is 32.7 Å². The molecule has 1 saturated carbocycles. The molecule has 1 fully saturated rings. The molecular weight excluding hydrogens is 158 g/mol. The normalized spacial score (nSPS) is 18.7. The highest BCUT2D eigenvalue weighted by Crippen LogP contribution is 2.40. The number of rotatable bonds is 2. The van der Waals surface area contributed by atoms with E-state index < -0.39 is 0 Å². The molecule has 0 unspecified atom stereocenters. The van der Waals surface area contributed by atoms with Crippen LogP contribution in [0.15, 0.2) is 18.2 Å². The SMILES string of the molecule is Cc1cccc([C@@H](N)C2CC2)c1C. The number of aryl methyl sites for hydroxylation is 1. The first-order chi connectivity index (χ1) is 6.20. The van der Waals surface area contributed by atoms with E-state index in [1.54, 1.807) is 0 Å². The van der Waals surface area contributed by atoms with Crippen molar-refractivity contribution in [2.75, 3.05) is 0 Å². The Morgan fingerprint density at radius 3 is 2.62 bits per heavy atom. The number of benzene rings is 1. The van der Waals surface area contributed by atoms with E-state index in [-0.39, 0.29) is 6.04 Å². The molecule has 2 rings (SSSR count). The van der Waals surface area contributed by atoms with Gasteiger partial charge in [-0.2, -0.15) is 0 Å². The van der Waals surface area contributed by atoms with Crippen LogP contribution >= 0.6 is 0 Å². The first-order valence-electron chi connectivity index (χ1n) is 5.02. The van der Waals surface area contributed by atoms with Crippen LogP contribution in [-0.4, -0.2) is 0 Å². The van der Waals surface area contributed by atoms with Crippen LogP contribution in [-0.2, 0) is 0 Å². The first kappa shape index (κ1) is 8.76. The summed E-state index contributed by atoms with van der Waals surface area (Å²) in [7, 11) is 0. The summed E-state index contributed by atoms with van der Waals surface area (Å²) in [5.74, 6) is 0.750. The molecule has 0 aliphatic heterocycles. The molecule has 13 heavy (non-hydrogen) atoms. The maximum Gasteiger partial charge on any atom is 0.0326 e. The minimum Gasteiger partial charge on any atom is -0.324 e. The van der Waals surface area contributed by atoms with Gasteiger partial charge < -0.3 is 5.73 Å². The molecule has 0 spiro atoms. The standard InChI is InChI=1S/C12H17N/c1-8-4-3-5-11(9(8)2)12(13)10-6-7-10/h3-5,10,12H,6-7,13H2,1-2H3/t12-/m0/s1. The predicted molar refractivity (Wildman–Crippen MR) is 55.6 cm³/mol. The van der Waals surface area contributed by atoms with Gasteiger partial charge in [-0.3, -0.25) is 0 Å². The van der Waals surface area contributed by atoms with Crippen molar-refractivity contribution in [1.82, 2.24) is 0 Å². The van der Waals surface area contributed by atoms with E-state index in [1.807, 2.05) is 0 Å². The second-order valence-electron chi connectivity index (χ2n) is 4.15. The fourth-order valence-corrected chi connectivity index (χ4v) is 1.84. The van der Waals surface area contributed by atoms with Crippen LogP contribution in [0, 0.1) is 19.8 Å². The average molecular weight is 175 g/mol. The van der Waals surface area contributed by atoms with E-state index in [0.29, 0.717) is 0 Å². The van der Waals surface area contributed by atoms with E-state index in [9.17, 15) is 0 Å². The molecule has 0 saturated heterocycles. The minimum absolute atomic E-state index is 0.278. The van der Waals surface area contributed by atoms with Crippen molar-refractivity contribution < 1.29 is 0 Å². The molecule has 2 N–H and O–H groups in total. The van der Waals surface area contributed by atoms with Crippen LogP contribution < -0.4 is 5.73 Å². The zero-order valence-corrected chi connectivity index (χ0v) is 8.38. The fourth-order valence-electron chi connectivity index (χ4n) is 1.84. The lowest BCUT2D eigenvalue weighted by atomic mass is 9.95. The third kappa shape index (κ3) is 1.61. The Hall–Kier alpha value is -0.820. The molecule has 1 nitrogen and oxygen atoms in total. The summed E-state index contributed by atoms with van der Waals surface area (Å²) in [6.07, 6.45) is 2.63. The molecule has 1 aromatic carbocycles. The molecule has 0 bridgehead atoms. The second kappa shape index (κ2) is 3.15. The van der Waals surface area contributed by atoms with Crippen LogP contribution in [0.4, 0.5) is 0 Å². The summed E-state index contributed by atoms with van der Waals surface area (Å²) < 4.78 is 0. The van der Waals surface area contributed by atoms with Crippen LogP contribution in [0.5, 0.6) is 0 Å². The number of nitrogens with two attached hydrogens (primary N) is 1. The molecule has 0 radical (unpaired) electrons. The average Bonchev–Trinajstić information content (AvgIpc) is 2.91. The van der Waals surface area contributed by atoms with Gasteiger partial charge in [-0.15, -0.1) is 0 Å². The van der Waals surface area contributed by atoms with Crippen molar-refractivity contribution in [3.63, 3.8) is 0 Å². The molecular formula is C12H17N. The van der Waals surface area contributed by atoms with Crippen LogP contribution in [0.1, 0.15) is 35.6 Å². The summed E-state index contributed by atoms with van der Waals surface area (Å²) in [5.41, 5.74) is 10.3. The Morgan fingerprint density at radius 1 is 1.31 bits per heavy atom. The van der Waals surface area contributed by atoms with Crippen molar-refractivity contribution in [3.05, 3.63) is 34.9 Å². The molecule has 70 valence electrons. The Bertz CT molecular complexity index is 313. The lowest BCUT2D eigenvalue weighted by Gasteiger charge is -2.15. The zero-order valence-electron chi connectivity index (χ0n) is 8.38. The van der Waals surface area contributed by atoms with Crippen LogP contribution in [0.2, 0.25) is 0 Å². The Kier molecular flexibility index (Phi) is 2.12. The third-order valence-corrected chi connectivity index (χ3v) is 3.14. The van der Waals surface area contributed by atoms with Gasteiger partial charge in [0.2, 0.25) is 0 Å². The first-order valence-corrected chi connectivity index (χ1v) is 5.02. The molecule has 0 amide bonds. The molecule has 0 aromatic heterocycles. The summed E-state index contributed by atoms with van der Waals surface area (Å²) in [5, 5.41) is 0. The van der Waals surface area contributed by atoms with Gasteiger partial charge in [0.1, 0.15) is 0 Å². The van der Waals surface area contributed by atoms with Crippen molar-refractivity contribution in [1.29, 1.82) is 0 Å². The number of hydrogen-bond acceptors (Lipinski definition) is 1. The quantitative estimate of drug-likeness (QED) is 0.734. The highest BCUT2D eigenvalue weighted by atomic mass is 14.7. The van der Waals surface area contributed by atoms with Gasteiger partial charge in [0.25, 0.3) is 0 Å². The Morgan fingerprint density at radius 2 is 2.00 bits per heavy atom. The fraction of sp³-hybridized carbons (Fsp3) is 0.500. The lowest BCUT2D eigenvalue weighted by Crippen LogP contribution is -2.14. The van der Waals surface area contributed by atoms with Gasteiger partial charge in [0.05, 0.1) is 0 Å². The van der Waals surface area contributed by atoms with Gasteiger partial charge in [0, 0.05) is 6.04 Å². The van der Waals surface area contributed by atoms with Gasteiger partial charge in [-0.1, -0.05) is 18.2 Å². The van der Waals surface area contributed by atoms with Crippen LogP contribution in [0.3, 0.4) is 0 Å². The van der Waals surface area contributed by atoms with E-state index in [0.717, 1.165) is 5.92 Å². The monoisotopic (exact) mass is 175 g/mol. The van der Waals surface area contributed by atoms with Gasteiger partial charge in [-0.25, -0.2) is 0 Å².